The fourth-order valence-corrected chi connectivity index (χ4v) is 5.59. The molecule has 2 aliphatic rings. The topological polar surface area (TPSA) is 46.2 Å². The average molecular weight is 321 g/mol. The van der Waals surface area contributed by atoms with Gasteiger partial charge in [-0.15, -0.1) is 0 Å². The summed E-state index contributed by atoms with van der Waals surface area (Å²) in [5.41, 5.74) is 4.31. The Bertz CT molecular complexity index is 636. The molecule has 1 aliphatic heterocycles. The number of fused-ring (bicyclic) bond motifs is 1. The van der Waals surface area contributed by atoms with Gasteiger partial charge in [-0.2, -0.15) is 0 Å². The Labute approximate surface area is 134 Å². The molecule has 122 valence electrons. The summed E-state index contributed by atoms with van der Waals surface area (Å²) in [4.78, 5) is 0. The van der Waals surface area contributed by atoms with Crippen LogP contribution in [-0.2, 0) is 16.3 Å². The lowest BCUT2D eigenvalue weighted by molar-refractivity contribution is 0.417. The van der Waals surface area contributed by atoms with Crippen LogP contribution in [0.4, 0.5) is 0 Å². The molecule has 1 aromatic rings. The van der Waals surface area contributed by atoms with Gasteiger partial charge in [0.15, 0.2) is 9.84 Å². The van der Waals surface area contributed by atoms with Crippen LogP contribution < -0.4 is 5.32 Å². The summed E-state index contributed by atoms with van der Waals surface area (Å²) >= 11 is 0. The molecule has 1 fully saturated rings. The SMILES string of the molecule is CC(C)c1ccc2c(c1)[C@H](NC[C@@H]1CCS(=O)(=O)C1)CCC2. The highest BCUT2D eigenvalue weighted by Gasteiger charge is 2.29. The van der Waals surface area contributed by atoms with Crippen LogP contribution in [0.1, 0.15) is 61.8 Å². The minimum Gasteiger partial charge on any atom is -0.310 e. The minimum absolute atomic E-state index is 0.295. The summed E-state index contributed by atoms with van der Waals surface area (Å²) in [7, 11) is -2.77. The lowest BCUT2D eigenvalue weighted by atomic mass is 9.85. The summed E-state index contributed by atoms with van der Waals surface area (Å²) in [5, 5.41) is 3.66. The number of nitrogens with one attached hydrogen (secondary N) is 1. The molecule has 1 N–H and O–H groups in total. The number of sulfone groups is 1. The predicted octanol–water partition coefficient (Wildman–Crippen LogP) is 3.21. The lowest BCUT2D eigenvalue weighted by Crippen LogP contribution is -2.30. The van der Waals surface area contributed by atoms with Crippen LogP contribution in [0.5, 0.6) is 0 Å². The summed E-state index contributed by atoms with van der Waals surface area (Å²) in [5.74, 6) is 1.58. The molecule has 4 heteroatoms. The number of aryl methyl sites for hydroxylation is 1. The predicted molar refractivity (Wildman–Crippen MR) is 91.0 cm³/mol. The molecule has 2 atom stereocenters. The van der Waals surface area contributed by atoms with Gasteiger partial charge in [0.25, 0.3) is 0 Å². The summed E-state index contributed by atoms with van der Waals surface area (Å²) in [6, 6.07) is 7.31. The molecule has 0 spiro atoms. The second-order valence-corrected chi connectivity index (χ2v) is 9.46. The zero-order valence-electron chi connectivity index (χ0n) is 13.6. The molecule has 0 unspecified atom stereocenters. The van der Waals surface area contributed by atoms with Gasteiger partial charge in [0.2, 0.25) is 0 Å². The van der Waals surface area contributed by atoms with E-state index in [-0.39, 0.29) is 0 Å². The molecule has 3 nitrogen and oxygen atoms in total. The minimum atomic E-state index is -2.77. The van der Waals surface area contributed by atoms with Crippen LogP contribution in [-0.4, -0.2) is 26.5 Å². The Kier molecular flexibility index (Phi) is 4.60. The number of hydrogen-bond donors (Lipinski definition) is 1. The smallest absolute Gasteiger partial charge is 0.150 e. The van der Waals surface area contributed by atoms with Crippen molar-refractivity contribution in [1.29, 1.82) is 0 Å². The van der Waals surface area contributed by atoms with Gasteiger partial charge in [-0.25, -0.2) is 8.42 Å². The summed E-state index contributed by atoms with van der Waals surface area (Å²) < 4.78 is 23.2. The molecule has 3 rings (SSSR count). The highest BCUT2D eigenvalue weighted by Crippen LogP contribution is 2.32. The fraction of sp³-hybridized carbons (Fsp3) is 0.667. The van der Waals surface area contributed by atoms with Crippen LogP contribution in [0.15, 0.2) is 18.2 Å². The van der Waals surface area contributed by atoms with E-state index < -0.39 is 9.84 Å². The second kappa shape index (κ2) is 6.32. The fourth-order valence-electron chi connectivity index (χ4n) is 3.73. The maximum absolute atomic E-state index is 11.6. The van der Waals surface area contributed by atoms with Gasteiger partial charge in [0, 0.05) is 6.04 Å². The van der Waals surface area contributed by atoms with E-state index in [0.717, 1.165) is 19.4 Å². The van der Waals surface area contributed by atoms with Gasteiger partial charge in [0.1, 0.15) is 0 Å². The average Bonchev–Trinajstić information content (AvgIpc) is 2.83. The Morgan fingerprint density at radius 1 is 1.27 bits per heavy atom. The maximum Gasteiger partial charge on any atom is 0.150 e. The molecule has 0 amide bonds. The first-order valence-electron chi connectivity index (χ1n) is 8.51. The molecule has 0 saturated carbocycles. The van der Waals surface area contributed by atoms with Gasteiger partial charge < -0.3 is 5.32 Å². The molecular formula is C18H27NO2S. The van der Waals surface area contributed by atoms with Crippen molar-refractivity contribution in [3.63, 3.8) is 0 Å². The van der Waals surface area contributed by atoms with E-state index in [4.69, 9.17) is 0 Å². The van der Waals surface area contributed by atoms with Crippen LogP contribution in [0, 0.1) is 5.92 Å². The number of rotatable bonds is 4. The zero-order valence-corrected chi connectivity index (χ0v) is 14.5. The zero-order chi connectivity index (χ0) is 15.7. The van der Waals surface area contributed by atoms with Crippen molar-refractivity contribution in [2.24, 2.45) is 5.92 Å². The highest BCUT2D eigenvalue weighted by molar-refractivity contribution is 7.91. The van der Waals surface area contributed by atoms with Crippen LogP contribution in [0.2, 0.25) is 0 Å². The van der Waals surface area contributed by atoms with Gasteiger partial charge >= 0.3 is 0 Å². The van der Waals surface area contributed by atoms with Crippen molar-refractivity contribution in [2.45, 2.75) is 51.5 Å². The van der Waals surface area contributed by atoms with E-state index in [1.807, 2.05) is 0 Å². The van der Waals surface area contributed by atoms with E-state index >= 15 is 0 Å². The first-order valence-corrected chi connectivity index (χ1v) is 10.3. The van der Waals surface area contributed by atoms with Gasteiger partial charge in [-0.3, -0.25) is 0 Å². The largest absolute Gasteiger partial charge is 0.310 e. The van der Waals surface area contributed by atoms with E-state index in [1.54, 1.807) is 0 Å². The van der Waals surface area contributed by atoms with E-state index in [2.05, 4.69) is 37.4 Å². The Morgan fingerprint density at radius 3 is 2.77 bits per heavy atom. The van der Waals surface area contributed by atoms with E-state index in [9.17, 15) is 8.42 Å². The first-order chi connectivity index (χ1) is 10.4. The Morgan fingerprint density at radius 2 is 2.09 bits per heavy atom. The molecule has 1 aliphatic carbocycles. The molecule has 0 radical (unpaired) electrons. The van der Waals surface area contributed by atoms with E-state index in [1.165, 1.54) is 29.5 Å². The molecule has 0 aromatic heterocycles. The molecule has 1 heterocycles. The van der Waals surface area contributed by atoms with Crippen LogP contribution >= 0.6 is 0 Å². The molecule has 22 heavy (non-hydrogen) atoms. The molecule has 0 bridgehead atoms. The molecular weight excluding hydrogens is 294 g/mol. The quantitative estimate of drug-likeness (QED) is 0.926. The first kappa shape index (κ1) is 16.0. The van der Waals surface area contributed by atoms with Crippen molar-refractivity contribution in [2.75, 3.05) is 18.1 Å². The number of benzene rings is 1. The van der Waals surface area contributed by atoms with Crippen molar-refractivity contribution < 1.29 is 8.42 Å². The molecule has 1 saturated heterocycles. The third kappa shape index (κ3) is 3.54. The maximum atomic E-state index is 11.6. The Hall–Kier alpha value is -0.870. The van der Waals surface area contributed by atoms with Crippen LogP contribution in [0.3, 0.4) is 0 Å². The van der Waals surface area contributed by atoms with Gasteiger partial charge in [-0.1, -0.05) is 32.0 Å². The third-order valence-corrected chi connectivity index (χ3v) is 6.97. The van der Waals surface area contributed by atoms with Gasteiger partial charge in [-0.05, 0) is 60.8 Å². The van der Waals surface area contributed by atoms with E-state index in [0.29, 0.717) is 29.4 Å². The summed E-state index contributed by atoms with van der Waals surface area (Å²) in [6.45, 7) is 5.29. The highest BCUT2D eigenvalue weighted by atomic mass is 32.2. The Balaban J connectivity index is 1.70. The third-order valence-electron chi connectivity index (χ3n) is 5.13. The number of hydrogen-bond acceptors (Lipinski definition) is 3. The van der Waals surface area contributed by atoms with Crippen molar-refractivity contribution >= 4 is 9.84 Å². The summed E-state index contributed by atoms with van der Waals surface area (Å²) in [6.07, 6.45) is 4.37. The second-order valence-electron chi connectivity index (χ2n) is 7.24. The van der Waals surface area contributed by atoms with Crippen molar-refractivity contribution in [3.05, 3.63) is 34.9 Å². The molecule has 1 aromatic carbocycles. The van der Waals surface area contributed by atoms with Crippen molar-refractivity contribution in [1.82, 2.24) is 5.32 Å². The van der Waals surface area contributed by atoms with Gasteiger partial charge in [0.05, 0.1) is 11.5 Å². The van der Waals surface area contributed by atoms with Crippen molar-refractivity contribution in [3.8, 4) is 0 Å². The van der Waals surface area contributed by atoms with Crippen LogP contribution in [0.25, 0.3) is 0 Å². The standard InChI is InChI=1S/C18H27NO2S/c1-13(2)16-7-6-15-4-3-5-18(17(15)10-16)19-11-14-8-9-22(20,21)12-14/h6-7,10,13-14,18-19H,3-5,8-9,11-12H2,1-2H3/t14-,18+/m0/s1. The lowest BCUT2D eigenvalue weighted by Gasteiger charge is -2.28. The normalized spacial score (nSPS) is 27.0. The monoisotopic (exact) mass is 321 g/mol.